The van der Waals surface area contributed by atoms with Crippen LogP contribution in [-0.2, 0) is 0 Å². The summed E-state index contributed by atoms with van der Waals surface area (Å²) in [5.74, 6) is -1.03. The van der Waals surface area contributed by atoms with Crippen molar-refractivity contribution < 1.29 is 14.3 Å². The summed E-state index contributed by atoms with van der Waals surface area (Å²) >= 11 is 0. The van der Waals surface area contributed by atoms with E-state index in [1.807, 2.05) is 12.1 Å². The first kappa shape index (κ1) is 10.0. The van der Waals surface area contributed by atoms with E-state index >= 15 is 0 Å². The summed E-state index contributed by atoms with van der Waals surface area (Å²) in [5, 5.41) is 8.90. The maximum Gasteiger partial charge on any atom is 0.335 e. The molecular formula is C14H9FO2. The molecule has 1 N–H and O–H groups in total. The Hall–Kier alpha value is -2.16. The molecule has 0 saturated carbocycles. The van der Waals surface area contributed by atoms with Crippen molar-refractivity contribution in [2.24, 2.45) is 0 Å². The van der Waals surface area contributed by atoms with Crippen molar-refractivity contribution in [1.82, 2.24) is 0 Å². The van der Waals surface area contributed by atoms with Crippen LogP contribution in [-0.4, -0.2) is 11.1 Å². The van der Waals surface area contributed by atoms with Gasteiger partial charge in [0, 0.05) is 0 Å². The van der Waals surface area contributed by atoms with Crippen LogP contribution in [0.2, 0.25) is 0 Å². The van der Waals surface area contributed by atoms with Gasteiger partial charge >= 0.3 is 5.97 Å². The highest BCUT2D eigenvalue weighted by Gasteiger charge is 2.28. The molecule has 1 atom stereocenters. The second kappa shape index (κ2) is 3.42. The SMILES string of the molecule is O=C(O)c1ccc2c(c1)C(F)c1ccccc1-2. The van der Waals surface area contributed by atoms with E-state index < -0.39 is 12.1 Å². The van der Waals surface area contributed by atoms with Crippen molar-refractivity contribution in [1.29, 1.82) is 0 Å². The Morgan fingerprint density at radius 3 is 2.53 bits per heavy atom. The average Bonchev–Trinajstić information content (AvgIpc) is 2.64. The molecule has 0 aliphatic heterocycles. The first-order valence-electron chi connectivity index (χ1n) is 5.29. The van der Waals surface area contributed by atoms with E-state index in [4.69, 9.17) is 5.11 Å². The minimum absolute atomic E-state index is 0.124. The number of benzene rings is 2. The third-order valence-corrected chi connectivity index (χ3v) is 3.10. The molecule has 17 heavy (non-hydrogen) atoms. The zero-order valence-electron chi connectivity index (χ0n) is 8.85. The van der Waals surface area contributed by atoms with Crippen LogP contribution < -0.4 is 0 Å². The fraction of sp³-hybridized carbons (Fsp3) is 0.0714. The second-order valence-corrected chi connectivity index (χ2v) is 4.06. The lowest BCUT2D eigenvalue weighted by molar-refractivity contribution is 0.0697. The first-order valence-corrected chi connectivity index (χ1v) is 5.29. The van der Waals surface area contributed by atoms with Crippen LogP contribution in [0.25, 0.3) is 11.1 Å². The summed E-state index contributed by atoms with van der Waals surface area (Å²) in [5.41, 5.74) is 2.83. The molecule has 0 saturated heterocycles. The van der Waals surface area contributed by atoms with Crippen molar-refractivity contribution in [2.45, 2.75) is 6.17 Å². The number of halogens is 1. The maximum absolute atomic E-state index is 14.2. The number of aromatic carboxylic acids is 1. The van der Waals surface area contributed by atoms with Gasteiger partial charge in [-0.05, 0) is 34.4 Å². The Kier molecular flexibility index (Phi) is 2.01. The van der Waals surface area contributed by atoms with E-state index in [1.165, 1.54) is 12.1 Å². The molecule has 1 unspecified atom stereocenters. The molecule has 2 aromatic rings. The smallest absolute Gasteiger partial charge is 0.335 e. The number of hydrogen-bond acceptors (Lipinski definition) is 1. The topological polar surface area (TPSA) is 37.3 Å². The summed E-state index contributed by atoms with van der Waals surface area (Å²) in [6, 6.07) is 11.8. The van der Waals surface area contributed by atoms with Crippen LogP contribution in [0.15, 0.2) is 42.5 Å². The van der Waals surface area contributed by atoms with E-state index in [0.717, 1.165) is 11.1 Å². The van der Waals surface area contributed by atoms with Gasteiger partial charge in [-0.2, -0.15) is 0 Å². The molecule has 0 fully saturated rings. The Morgan fingerprint density at radius 2 is 1.76 bits per heavy atom. The molecule has 2 nitrogen and oxygen atoms in total. The lowest BCUT2D eigenvalue weighted by Crippen LogP contribution is -1.97. The third-order valence-electron chi connectivity index (χ3n) is 3.10. The van der Waals surface area contributed by atoms with Crippen molar-refractivity contribution >= 4 is 5.97 Å². The minimum Gasteiger partial charge on any atom is -0.478 e. The van der Waals surface area contributed by atoms with E-state index in [0.29, 0.717) is 11.1 Å². The lowest BCUT2D eigenvalue weighted by Gasteiger charge is -2.03. The summed E-state index contributed by atoms with van der Waals surface area (Å²) in [6.45, 7) is 0. The van der Waals surface area contributed by atoms with Crippen LogP contribution in [0.1, 0.15) is 27.7 Å². The zero-order valence-corrected chi connectivity index (χ0v) is 8.85. The van der Waals surface area contributed by atoms with Crippen molar-refractivity contribution in [3.63, 3.8) is 0 Å². The Balaban J connectivity index is 2.24. The van der Waals surface area contributed by atoms with Crippen molar-refractivity contribution in [3.8, 4) is 11.1 Å². The summed E-state index contributed by atoms with van der Waals surface area (Å²) in [6.07, 6.45) is -1.22. The van der Waals surface area contributed by atoms with Gasteiger partial charge in [0.2, 0.25) is 0 Å². The fourth-order valence-electron chi connectivity index (χ4n) is 2.28. The predicted molar refractivity (Wildman–Crippen MR) is 61.8 cm³/mol. The zero-order chi connectivity index (χ0) is 12.0. The largest absolute Gasteiger partial charge is 0.478 e. The molecule has 3 rings (SSSR count). The highest BCUT2D eigenvalue weighted by atomic mass is 19.1. The van der Waals surface area contributed by atoms with Gasteiger partial charge in [0.05, 0.1) is 5.56 Å². The molecule has 84 valence electrons. The predicted octanol–water partition coefficient (Wildman–Crippen LogP) is 3.42. The normalized spacial score (nSPS) is 16.4. The molecule has 0 heterocycles. The van der Waals surface area contributed by atoms with Crippen LogP contribution in [0.4, 0.5) is 4.39 Å². The van der Waals surface area contributed by atoms with Crippen molar-refractivity contribution in [2.75, 3.05) is 0 Å². The lowest BCUT2D eigenvalue weighted by atomic mass is 10.0. The van der Waals surface area contributed by atoms with Gasteiger partial charge in [-0.15, -0.1) is 0 Å². The third kappa shape index (κ3) is 1.35. The van der Waals surface area contributed by atoms with Crippen LogP contribution >= 0.6 is 0 Å². The van der Waals surface area contributed by atoms with Gasteiger partial charge in [0.25, 0.3) is 0 Å². The fourth-order valence-corrected chi connectivity index (χ4v) is 2.28. The first-order chi connectivity index (χ1) is 8.18. The number of carbonyl (C=O) groups is 1. The van der Waals surface area contributed by atoms with Gasteiger partial charge in [-0.1, -0.05) is 30.3 Å². The Morgan fingerprint density at radius 1 is 1.06 bits per heavy atom. The van der Waals surface area contributed by atoms with Gasteiger partial charge in [-0.25, -0.2) is 9.18 Å². The maximum atomic E-state index is 14.2. The Bertz CT molecular complexity index is 619. The number of rotatable bonds is 1. The highest BCUT2D eigenvalue weighted by molar-refractivity contribution is 5.90. The molecule has 0 amide bonds. The number of alkyl halides is 1. The van der Waals surface area contributed by atoms with Gasteiger partial charge in [-0.3, -0.25) is 0 Å². The van der Waals surface area contributed by atoms with E-state index in [2.05, 4.69) is 0 Å². The molecule has 3 heteroatoms. The number of hydrogen-bond donors (Lipinski definition) is 1. The van der Waals surface area contributed by atoms with E-state index in [9.17, 15) is 9.18 Å². The molecule has 2 aromatic carbocycles. The van der Waals surface area contributed by atoms with E-state index in [1.54, 1.807) is 18.2 Å². The van der Waals surface area contributed by atoms with Crippen molar-refractivity contribution in [3.05, 3.63) is 59.2 Å². The molecule has 0 aromatic heterocycles. The summed E-state index contributed by atoms with van der Waals surface area (Å²) in [4.78, 5) is 10.9. The Labute approximate surface area is 97.3 Å². The monoisotopic (exact) mass is 228 g/mol. The standard InChI is InChI=1S/C14H9FO2/c15-13-11-4-2-1-3-9(11)10-6-5-8(14(16)17)7-12(10)13/h1-7,13H,(H,16,17). The number of fused-ring (bicyclic) bond motifs is 3. The molecular weight excluding hydrogens is 219 g/mol. The summed E-state index contributed by atoms with van der Waals surface area (Å²) < 4.78 is 14.2. The van der Waals surface area contributed by atoms with Gasteiger partial charge < -0.3 is 5.11 Å². The quantitative estimate of drug-likeness (QED) is 0.811. The molecule has 1 aliphatic carbocycles. The molecule has 0 spiro atoms. The second-order valence-electron chi connectivity index (χ2n) is 4.06. The summed E-state index contributed by atoms with van der Waals surface area (Å²) in [7, 11) is 0. The molecule has 1 aliphatic rings. The molecule has 0 bridgehead atoms. The van der Waals surface area contributed by atoms with Crippen LogP contribution in [0.5, 0.6) is 0 Å². The van der Waals surface area contributed by atoms with Gasteiger partial charge in [0.1, 0.15) is 0 Å². The van der Waals surface area contributed by atoms with Crippen LogP contribution in [0.3, 0.4) is 0 Å². The average molecular weight is 228 g/mol. The van der Waals surface area contributed by atoms with E-state index in [-0.39, 0.29) is 5.56 Å². The van der Waals surface area contributed by atoms with Crippen LogP contribution in [0, 0.1) is 0 Å². The minimum atomic E-state index is -1.22. The molecule has 0 radical (unpaired) electrons. The number of carboxylic acids is 1. The number of carboxylic acid groups (broad SMARTS) is 1. The van der Waals surface area contributed by atoms with Gasteiger partial charge in [0.15, 0.2) is 6.17 Å². The highest BCUT2D eigenvalue weighted by Crippen LogP contribution is 2.45.